The molecule has 0 radical (unpaired) electrons. The molecule has 2 rings (SSSR count). The summed E-state index contributed by atoms with van der Waals surface area (Å²) >= 11 is 0. The number of ether oxygens (including phenoxy) is 1. The van der Waals surface area contributed by atoms with Crippen molar-refractivity contribution < 1.29 is 9.53 Å². The quantitative estimate of drug-likeness (QED) is 0.361. The molecule has 1 aromatic carbocycles. The Bertz CT molecular complexity index is 672. The fourth-order valence-electron chi connectivity index (χ4n) is 1.76. The summed E-state index contributed by atoms with van der Waals surface area (Å²) in [5.74, 6) is 6.02. The molecule has 0 aliphatic carbocycles. The molecule has 1 aromatic heterocycles. The monoisotopic (exact) mass is 316 g/mol. The Morgan fingerprint density at radius 1 is 1.22 bits per heavy atom. The van der Waals surface area contributed by atoms with Crippen LogP contribution in [0.5, 0.6) is 0 Å². The maximum Gasteiger partial charge on any atom is 0.338 e. The molecule has 0 saturated carbocycles. The zero-order valence-electron chi connectivity index (χ0n) is 13.0. The molecule has 2 aromatic rings. The number of carbonyl (C=O) groups excluding carboxylic acids is 1. The Hall–Kier alpha value is -2.87. The Morgan fingerprint density at radius 3 is 2.48 bits per heavy atom. The third-order valence-electron chi connectivity index (χ3n) is 2.95. The first-order chi connectivity index (χ1) is 11.0. The molecule has 0 aliphatic heterocycles. The fraction of sp³-hybridized carbons (Fsp3) is 0.267. The lowest BCUT2D eigenvalue weighted by Gasteiger charge is -2.11. The van der Waals surface area contributed by atoms with E-state index >= 15 is 0 Å². The van der Waals surface area contributed by atoms with E-state index in [1.165, 1.54) is 6.33 Å². The van der Waals surface area contributed by atoms with Crippen LogP contribution >= 0.6 is 0 Å². The zero-order valence-corrected chi connectivity index (χ0v) is 13.0. The van der Waals surface area contributed by atoms with Crippen LogP contribution in [0.1, 0.15) is 24.2 Å². The lowest BCUT2D eigenvalue weighted by molar-refractivity contribution is 0.0459. The van der Waals surface area contributed by atoms with E-state index in [1.807, 2.05) is 13.8 Å². The molecule has 8 heteroatoms. The minimum atomic E-state index is -0.346. The van der Waals surface area contributed by atoms with Crippen molar-refractivity contribution in [2.75, 3.05) is 23.1 Å². The predicted molar refractivity (Wildman–Crippen MR) is 89.1 cm³/mol. The predicted octanol–water partition coefficient (Wildman–Crippen LogP) is 1.90. The van der Waals surface area contributed by atoms with Crippen LogP contribution in [0.15, 0.2) is 30.6 Å². The lowest BCUT2D eigenvalue weighted by atomic mass is 10.2. The number of hydrazine groups is 1. The van der Waals surface area contributed by atoms with Gasteiger partial charge in [-0.05, 0) is 30.2 Å². The van der Waals surface area contributed by atoms with Crippen LogP contribution in [-0.2, 0) is 4.74 Å². The van der Waals surface area contributed by atoms with Gasteiger partial charge in [0.25, 0.3) is 0 Å². The van der Waals surface area contributed by atoms with Crippen LogP contribution < -0.4 is 22.3 Å². The molecular formula is C15H20N6O2. The third-order valence-corrected chi connectivity index (χ3v) is 2.95. The van der Waals surface area contributed by atoms with Gasteiger partial charge < -0.3 is 21.2 Å². The highest BCUT2D eigenvalue weighted by atomic mass is 16.5. The van der Waals surface area contributed by atoms with E-state index in [0.717, 1.165) is 5.69 Å². The number of esters is 1. The number of hydrogen-bond donors (Lipinski definition) is 4. The molecule has 0 saturated heterocycles. The van der Waals surface area contributed by atoms with Crippen molar-refractivity contribution in [1.82, 2.24) is 9.97 Å². The number of carbonyl (C=O) groups is 1. The van der Waals surface area contributed by atoms with Crippen LogP contribution in [0.3, 0.4) is 0 Å². The van der Waals surface area contributed by atoms with Gasteiger partial charge in [-0.15, -0.1) is 0 Å². The van der Waals surface area contributed by atoms with E-state index in [9.17, 15) is 4.79 Å². The molecule has 0 aliphatic rings. The second kappa shape index (κ2) is 7.41. The van der Waals surface area contributed by atoms with Gasteiger partial charge in [-0.2, -0.15) is 0 Å². The van der Waals surface area contributed by atoms with Gasteiger partial charge in [0, 0.05) is 5.69 Å². The maximum atomic E-state index is 11.9. The highest BCUT2D eigenvalue weighted by Crippen LogP contribution is 2.25. The molecule has 0 bridgehead atoms. The maximum absolute atomic E-state index is 11.9. The molecule has 23 heavy (non-hydrogen) atoms. The minimum Gasteiger partial charge on any atom is -0.462 e. The van der Waals surface area contributed by atoms with E-state index < -0.39 is 0 Å². The molecule has 0 amide bonds. The Labute approximate surface area is 134 Å². The SMILES string of the molecule is CC(C)COC(=O)c1ccc(Nc2ncnc(NN)c2N)cc1. The smallest absolute Gasteiger partial charge is 0.338 e. The number of nitrogens with zero attached hydrogens (tertiary/aromatic N) is 2. The Morgan fingerprint density at radius 2 is 1.87 bits per heavy atom. The number of anilines is 4. The van der Waals surface area contributed by atoms with Crippen LogP contribution in [0.25, 0.3) is 0 Å². The van der Waals surface area contributed by atoms with Gasteiger partial charge in [0.15, 0.2) is 11.6 Å². The third kappa shape index (κ3) is 4.30. The summed E-state index contributed by atoms with van der Waals surface area (Å²) in [6.45, 7) is 4.36. The van der Waals surface area contributed by atoms with Crippen LogP contribution in [0.2, 0.25) is 0 Å². The summed E-state index contributed by atoms with van der Waals surface area (Å²) < 4.78 is 5.17. The van der Waals surface area contributed by atoms with Crippen molar-refractivity contribution in [2.45, 2.75) is 13.8 Å². The second-order valence-electron chi connectivity index (χ2n) is 5.32. The van der Waals surface area contributed by atoms with Crippen LogP contribution in [0, 0.1) is 5.92 Å². The molecule has 6 N–H and O–H groups in total. The fourth-order valence-corrected chi connectivity index (χ4v) is 1.76. The van der Waals surface area contributed by atoms with Crippen molar-refractivity contribution in [3.63, 3.8) is 0 Å². The van der Waals surface area contributed by atoms with E-state index in [4.69, 9.17) is 16.3 Å². The molecular weight excluding hydrogens is 296 g/mol. The summed E-state index contributed by atoms with van der Waals surface area (Å²) in [4.78, 5) is 19.8. The average Bonchev–Trinajstić information content (AvgIpc) is 2.55. The number of nitrogens with one attached hydrogen (secondary N) is 2. The van der Waals surface area contributed by atoms with Crippen molar-refractivity contribution >= 4 is 29.0 Å². The van der Waals surface area contributed by atoms with Gasteiger partial charge >= 0.3 is 5.97 Å². The summed E-state index contributed by atoms with van der Waals surface area (Å²) in [5.41, 5.74) is 9.78. The number of nitrogen functional groups attached to an aromatic ring is 2. The largest absolute Gasteiger partial charge is 0.462 e. The van der Waals surface area contributed by atoms with Gasteiger partial charge in [0.1, 0.15) is 12.0 Å². The number of aromatic nitrogens is 2. The Kier molecular flexibility index (Phi) is 5.32. The van der Waals surface area contributed by atoms with Crippen molar-refractivity contribution in [2.24, 2.45) is 11.8 Å². The van der Waals surface area contributed by atoms with Gasteiger partial charge in [0.05, 0.1) is 12.2 Å². The molecule has 0 fully saturated rings. The van der Waals surface area contributed by atoms with Gasteiger partial charge in [-0.25, -0.2) is 20.6 Å². The van der Waals surface area contributed by atoms with E-state index in [2.05, 4.69) is 20.7 Å². The lowest BCUT2D eigenvalue weighted by Crippen LogP contribution is -2.13. The second-order valence-corrected chi connectivity index (χ2v) is 5.32. The first-order valence-corrected chi connectivity index (χ1v) is 7.12. The van der Waals surface area contributed by atoms with Gasteiger partial charge in [0.2, 0.25) is 0 Å². The number of benzene rings is 1. The average molecular weight is 316 g/mol. The normalized spacial score (nSPS) is 10.4. The highest BCUT2D eigenvalue weighted by Gasteiger charge is 2.10. The minimum absolute atomic E-state index is 0.297. The van der Waals surface area contributed by atoms with Crippen LogP contribution in [-0.4, -0.2) is 22.5 Å². The zero-order chi connectivity index (χ0) is 16.8. The first kappa shape index (κ1) is 16.5. The van der Waals surface area contributed by atoms with Crippen molar-refractivity contribution in [3.8, 4) is 0 Å². The van der Waals surface area contributed by atoms with E-state index in [0.29, 0.717) is 35.4 Å². The highest BCUT2D eigenvalue weighted by molar-refractivity contribution is 5.90. The van der Waals surface area contributed by atoms with Gasteiger partial charge in [-0.3, -0.25) is 0 Å². The molecule has 0 spiro atoms. The summed E-state index contributed by atoms with van der Waals surface area (Å²) in [6, 6.07) is 6.82. The standard InChI is InChI=1S/C15H20N6O2/c1-9(2)7-23-15(22)10-3-5-11(6-4-10)20-13-12(16)14(21-17)19-8-18-13/h3-6,8-9H,7,16-17H2,1-2H3,(H2,18,19,20,21). The van der Waals surface area contributed by atoms with Crippen LogP contribution in [0.4, 0.5) is 23.0 Å². The van der Waals surface area contributed by atoms with Crippen molar-refractivity contribution in [3.05, 3.63) is 36.2 Å². The van der Waals surface area contributed by atoms with E-state index in [1.54, 1.807) is 24.3 Å². The Balaban J connectivity index is 2.07. The molecule has 8 nitrogen and oxygen atoms in total. The molecule has 1 heterocycles. The first-order valence-electron chi connectivity index (χ1n) is 7.12. The summed E-state index contributed by atoms with van der Waals surface area (Å²) in [6.07, 6.45) is 1.34. The molecule has 0 atom stereocenters. The van der Waals surface area contributed by atoms with Gasteiger partial charge in [-0.1, -0.05) is 13.8 Å². The molecule has 122 valence electrons. The summed E-state index contributed by atoms with van der Waals surface area (Å²) in [5, 5.41) is 3.04. The topological polar surface area (TPSA) is 128 Å². The number of hydrogen-bond acceptors (Lipinski definition) is 8. The molecule has 0 unspecified atom stereocenters. The van der Waals surface area contributed by atoms with E-state index in [-0.39, 0.29) is 5.97 Å². The number of rotatable bonds is 6. The number of nitrogens with two attached hydrogens (primary N) is 2. The van der Waals surface area contributed by atoms with Crippen molar-refractivity contribution in [1.29, 1.82) is 0 Å². The summed E-state index contributed by atoms with van der Waals surface area (Å²) in [7, 11) is 0.